The normalized spacial score (nSPS) is 11.1. The minimum Gasteiger partial charge on any atom is -0.366 e. The molecule has 0 atom stereocenters. The summed E-state index contributed by atoms with van der Waals surface area (Å²) in [7, 11) is 0. The average Bonchev–Trinajstić information content (AvgIpc) is 2.16. The molecule has 15 heavy (non-hydrogen) atoms. The van der Waals surface area contributed by atoms with Gasteiger partial charge in [0.25, 0.3) is 0 Å². The first-order chi connectivity index (χ1) is 6.95. The summed E-state index contributed by atoms with van der Waals surface area (Å²) in [4.78, 5) is 11.3. The van der Waals surface area contributed by atoms with Crippen molar-refractivity contribution in [1.29, 1.82) is 0 Å². The number of carbonyl (C=O) groups is 1. The summed E-state index contributed by atoms with van der Waals surface area (Å²) in [5, 5.41) is 0. The van der Waals surface area contributed by atoms with Crippen LogP contribution in [0, 0.1) is 0 Å². The minimum absolute atomic E-state index is 0.325. The first-order valence-electron chi connectivity index (χ1n) is 5.37. The third-order valence-electron chi connectivity index (χ3n) is 2.60. The molecule has 0 aromatic heterocycles. The third-order valence-corrected chi connectivity index (χ3v) is 2.60. The molecule has 0 bridgehead atoms. The Kier molecular flexibility index (Phi) is 3.51. The van der Waals surface area contributed by atoms with Crippen LogP contribution >= 0.6 is 0 Å². The van der Waals surface area contributed by atoms with Crippen molar-refractivity contribution < 1.29 is 4.79 Å². The predicted octanol–water partition coefficient (Wildman–Crippen LogP) is 3.03. The summed E-state index contributed by atoms with van der Waals surface area (Å²) in [6.45, 7) is 8.44. The molecule has 0 heterocycles. The summed E-state index contributed by atoms with van der Waals surface area (Å²) >= 11 is 0. The first kappa shape index (κ1) is 11.8. The number of benzene rings is 1. The molecular formula is C13H19NO. The van der Waals surface area contributed by atoms with E-state index in [1.807, 2.05) is 12.1 Å². The highest BCUT2D eigenvalue weighted by Gasteiger charge is 2.16. The average molecular weight is 205 g/mol. The second kappa shape index (κ2) is 4.47. The van der Waals surface area contributed by atoms with E-state index in [9.17, 15) is 4.79 Å². The van der Waals surface area contributed by atoms with Gasteiger partial charge in [-0.05, 0) is 29.0 Å². The molecule has 0 saturated carbocycles. The van der Waals surface area contributed by atoms with Crippen molar-refractivity contribution in [3.05, 3.63) is 34.9 Å². The lowest BCUT2D eigenvalue weighted by Gasteiger charge is -2.18. The molecule has 0 unspecified atom stereocenters. The maximum Gasteiger partial charge on any atom is 0.248 e. The smallest absolute Gasteiger partial charge is 0.248 e. The molecule has 2 N–H and O–H groups in total. The molecule has 0 aliphatic carbocycles. The lowest BCUT2D eigenvalue weighted by molar-refractivity contribution is 0.0999. The van der Waals surface area contributed by atoms with Crippen molar-refractivity contribution in [3.8, 4) is 0 Å². The fraction of sp³-hybridized carbons (Fsp3) is 0.462. The molecular weight excluding hydrogens is 186 g/mol. The predicted molar refractivity (Wildman–Crippen MR) is 63.1 cm³/mol. The Bertz CT molecular complexity index is 367. The van der Waals surface area contributed by atoms with Gasteiger partial charge in [0.05, 0.1) is 0 Å². The molecule has 1 aromatic carbocycles. The molecule has 0 aliphatic rings. The Labute approximate surface area is 91.5 Å². The number of nitrogens with two attached hydrogens (primary N) is 1. The lowest BCUT2D eigenvalue weighted by atomic mass is 9.87. The maximum absolute atomic E-state index is 11.3. The molecule has 1 aromatic rings. The summed E-state index contributed by atoms with van der Waals surface area (Å²) in [5.74, 6) is 0.411. The Balaban J connectivity index is 3.42. The molecule has 0 spiro atoms. The van der Waals surface area contributed by atoms with Crippen molar-refractivity contribution in [3.63, 3.8) is 0 Å². The van der Waals surface area contributed by atoms with Crippen molar-refractivity contribution in [2.24, 2.45) is 5.73 Å². The van der Waals surface area contributed by atoms with Crippen LogP contribution in [0.5, 0.6) is 0 Å². The standard InChI is InChI=1S/C13H19NO/c1-8(2)10-6-5-7-11(13(14)15)12(10)9(3)4/h5-9H,1-4H3,(H2,14,15). The summed E-state index contributed by atoms with van der Waals surface area (Å²) < 4.78 is 0. The quantitative estimate of drug-likeness (QED) is 0.809. The molecule has 0 radical (unpaired) electrons. The Morgan fingerprint density at radius 2 is 1.73 bits per heavy atom. The van der Waals surface area contributed by atoms with E-state index in [4.69, 9.17) is 5.73 Å². The van der Waals surface area contributed by atoms with Crippen LogP contribution in [-0.2, 0) is 0 Å². The number of amides is 1. The molecule has 1 rings (SSSR count). The van der Waals surface area contributed by atoms with Gasteiger partial charge in [-0.3, -0.25) is 4.79 Å². The van der Waals surface area contributed by atoms with Gasteiger partial charge < -0.3 is 5.73 Å². The first-order valence-corrected chi connectivity index (χ1v) is 5.37. The zero-order valence-corrected chi connectivity index (χ0v) is 9.87. The zero-order chi connectivity index (χ0) is 11.6. The molecule has 0 saturated heterocycles. The van der Waals surface area contributed by atoms with Crippen LogP contribution in [0.1, 0.15) is 61.0 Å². The SMILES string of the molecule is CC(C)c1cccc(C(N)=O)c1C(C)C. The highest BCUT2D eigenvalue weighted by Crippen LogP contribution is 2.28. The summed E-state index contributed by atoms with van der Waals surface area (Å²) in [5.41, 5.74) is 8.37. The maximum atomic E-state index is 11.3. The van der Waals surface area contributed by atoms with Gasteiger partial charge in [-0.2, -0.15) is 0 Å². The van der Waals surface area contributed by atoms with Crippen LogP contribution in [0.15, 0.2) is 18.2 Å². The van der Waals surface area contributed by atoms with Crippen molar-refractivity contribution in [1.82, 2.24) is 0 Å². The summed E-state index contributed by atoms with van der Waals surface area (Å²) in [6.07, 6.45) is 0. The van der Waals surface area contributed by atoms with Gasteiger partial charge in [0, 0.05) is 5.56 Å². The topological polar surface area (TPSA) is 43.1 Å². The van der Waals surface area contributed by atoms with E-state index in [1.54, 1.807) is 0 Å². The minimum atomic E-state index is -0.332. The second-order valence-electron chi connectivity index (χ2n) is 4.48. The number of hydrogen-bond donors (Lipinski definition) is 1. The number of rotatable bonds is 3. The van der Waals surface area contributed by atoms with Gasteiger partial charge in [-0.25, -0.2) is 0 Å². The molecule has 82 valence electrons. The van der Waals surface area contributed by atoms with Crippen LogP contribution in [0.3, 0.4) is 0 Å². The highest BCUT2D eigenvalue weighted by molar-refractivity contribution is 5.94. The van der Waals surface area contributed by atoms with E-state index >= 15 is 0 Å². The fourth-order valence-corrected chi connectivity index (χ4v) is 1.95. The van der Waals surface area contributed by atoms with Gasteiger partial charge in [-0.1, -0.05) is 39.8 Å². The van der Waals surface area contributed by atoms with Crippen LogP contribution in [-0.4, -0.2) is 5.91 Å². The van der Waals surface area contributed by atoms with Crippen LogP contribution in [0.2, 0.25) is 0 Å². The van der Waals surface area contributed by atoms with E-state index in [0.29, 0.717) is 17.4 Å². The van der Waals surface area contributed by atoms with E-state index < -0.39 is 0 Å². The zero-order valence-electron chi connectivity index (χ0n) is 9.87. The molecule has 0 fully saturated rings. The number of hydrogen-bond acceptors (Lipinski definition) is 1. The van der Waals surface area contributed by atoms with Crippen molar-refractivity contribution >= 4 is 5.91 Å². The van der Waals surface area contributed by atoms with E-state index in [2.05, 4.69) is 33.8 Å². The summed E-state index contributed by atoms with van der Waals surface area (Å²) in [6, 6.07) is 5.79. The van der Waals surface area contributed by atoms with E-state index in [-0.39, 0.29) is 5.91 Å². The fourth-order valence-electron chi connectivity index (χ4n) is 1.95. The molecule has 1 amide bonds. The van der Waals surface area contributed by atoms with E-state index in [0.717, 1.165) is 5.56 Å². The number of primary amides is 1. The monoisotopic (exact) mass is 205 g/mol. The van der Waals surface area contributed by atoms with Crippen molar-refractivity contribution in [2.75, 3.05) is 0 Å². The van der Waals surface area contributed by atoms with Gasteiger partial charge in [-0.15, -0.1) is 0 Å². The van der Waals surface area contributed by atoms with Gasteiger partial charge in [0.15, 0.2) is 0 Å². The van der Waals surface area contributed by atoms with Crippen LogP contribution in [0.25, 0.3) is 0 Å². The third kappa shape index (κ3) is 2.38. The van der Waals surface area contributed by atoms with Gasteiger partial charge in [0.2, 0.25) is 5.91 Å². The Morgan fingerprint density at radius 3 is 2.13 bits per heavy atom. The van der Waals surface area contributed by atoms with Gasteiger partial charge in [0.1, 0.15) is 0 Å². The largest absolute Gasteiger partial charge is 0.366 e. The second-order valence-corrected chi connectivity index (χ2v) is 4.48. The van der Waals surface area contributed by atoms with Crippen LogP contribution in [0.4, 0.5) is 0 Å². The lowest BCUT2D eigenvalue weighted by Crippen LogP contribution is -2.16. The van der Waals surface area contributed by atoms with Gasteiger partial charge >= 0.3 is 0 Å². The van der Waals surface area contributed by atoms with Crippen molar-refractivity contribution in [2.45, 2.75) is 39.5 Å². The Morgan fingerprint density at radius 1 is 1.13 bits per heavy atom. The Hall–Kier alpha value is -1.31. The van der Waals surface area contributed by atoms with E-state index in [1.165, 1.54) is 5.56 Å². The molecule has 2 nitrogen and oxygen atoms in total. The molecule has 2 heteroatoms. The molecule has 0 aliphatic heterocycles. The number of carbonyl (C=O) groups excluding carboxylic acids is 1. The highest BCUT2D eigenvalue weighted by atomic mass is 16.1. The van der Waals surface area contributed by atoms with Crippen LogP contribution < -0.4 is 5.73 Å².